The highest BCUT2D eigenvalue weighted by molar-refractivity contribution is 5.40. The molecular formula is C15H20O. The zero-order valence-electron chi connectivity index (χ0n) is 10.8. The van der Waals surface area contributed by atoms with Gasteiger partial charge in [0.1, 0.15) is 5.75 Å². The molecule has 2 atom stereocenters. The van der Waals surface area contributed by atoms with E-state index in [1.165, 1.54) is 11.1 Å². The second-order valence-corrected chi connectivity index (χ2v) is 4.22. The fourth-order valence-electron chi connectivity index (χ4n) is 1.83. The summed E-state index contributed by atoms with van der Waals surface area (Å²) < 4.78 is 5.40. The van der Waals surface area contributed by atoms with Crippen molar-refractivity contribution in [3.05, 3.63) is 29.3 Å². The van der Waals surface area contributed by atoms with E-state index >= 15 is 0 Å². The maximum absolute atomic E-state index is 5.40. The molecule has 1 aromatic rings. The minimum Gasteiger partial charge on any atom is -0.496 e. The molecule has 0 heterocycles. The van der Waals surface area contributed by atoms with E-state index in [9.17, 15) is 0 Å². The van der Waals surface area contributed by atoms with Crippen LogP contribution >= 0.6 is 0 Å². The smallest absolute Gasteiger partial charge is 0.122 e. The second kappa shape index (κ2) is 5.61. The molecule has 2 unspecified atom stereocenters. The van der Waals surface area contributed by atoms with Crippen LogP contribution in [0.25, 0.3) is 0 Å². The summed E-state index contributed by atoms with van der Waals surface area (Å²) >= 11 is 0. The quantitative estimate of drug-likeness (QED) is 0.699. The summed E-state index contributed by atoms with van der Waals surface area (Å²) in [5, 5.41) is 0. The maximum atomic E-state index is 5.40. The van der Waals surface area contributed by atoms with E-state index in [0.717, 1.165) is 5.75 Å². The number of ether oxygens (including phenoxy) is 1. The lowest BCUT2D eigenvalue weighted by molar-refractivity contribution is 0.402. The van der Waals surface area contributed by atoms with Crippen LogP contribution < -0.4 is 4.74 Å². The fraction of sp³-hybridized carbons (Fsp3) is 0.467. The van der Waals surface area contributed by atoms with Gasteiger partial charge in [0.15, 0.2) is 0 Å². The molecule has 1 aromatic carbocycles. The first-order valence-electron chi connectivity index (χ1n) is 5.67. The van der Waals surface area contributed by atoms with E-state index in [1.807, 2.05) is 13.0 Å². The van der Waals surface area contributed by atoms with Crippen molar-refractivity contribution in [2.75, 3.05) is 7.11 Å². The normalized spacial score (nSPS) is 13.6. The van der Waals surface area contributed by atoms with Gasteiger partial charge in [-0.2, -0.15) is 0 Å². The van der Waals surface area contributed by atoms with E-state index in [0.29, 0.717) is 11.8 Å². The van der Waals surface area contributed by atoms with Crippen LogP contribution in [0.1, 0.15) is 37.8 Å². The lowest BCUT2D eigenvalue weighted by Gasteiger charge is -2.19. The topological polar surface area (TPSA) is 9.23 Å². The van der Waals surface area contributed by atoms with Crippen molar-refractivity contribution in [1.29, 1.82) is 0 Å². The van der Waals surface area contributed by atoms with Gasteiger partial charge in [0.25, 0.3) is 0 Å². The van der Waals surface area contributed by atoms with Crippen molar-refractivity contribution in [2.45, 2.75) is 33.6 Å². The highest BCUT2D eigenvalue weighted by atomic mass is 16.5. The predicted octanol–water partition coefficient (Wildman–Crippen LogP) is 3.77. The molecule has 0 radical (unpaired) electrons. The Bertz CT molecular complexity index is 409. The molecule has 1 heteroatoms. The Morgan fingerprint density at radius 3 is 2.50 bits per heavy atom. The van der Waals surface area contributed by atoms with Gasteiger partial charge in [-0.15, -0.1) is 5.92 Å². The van der Waals surface area contributed by atoms with Crippen LogP contribution in [-0.2, 0) is 0 Å². The minimum absolute atomic E-state index is 0.348. The van der Waals surface area contributed by atoms with Gasteiger partial charge in [-0.3, -0.25) is 0 Å². The Kier molecular flexibility index (Phi) is 4.43. The predicted molar refractivity (Wildman–Crippen MR) is 68.8 cm³/mol. The molecule has 1 nitrogen and oxygen atoms in total. The summed E-state index contributed by atoms with van der Waals surface area (Å²) in [5.41, 5.74) is 2.51. The molecule has 0 bridgehead atoms. The van der Waals surface area contributed by atoms with Crippen molar-refractivity contribution in [1.82, 2.24) is 0 Å². The first kappa shape index (κ1) is 12.6. The van der Waals surface area contributed by atoms with Crippen molar-refractivity contribution in [2.24, 2.45) is 5.92 Å². The van der Waals surface area contributed by atoms with Gasteiger partial charge in [0.05, 0.1) is 7.11 Å². The van der Waals surface area contributed by atoms with E-state index in [4.69, 9.17) is 4.74 Å². The highest BCUT2D eigenvalue weighted by Crippen LogP contribution is 2.32. The molecule has 0 aliphatic rings. The van der Waals surface area contributed by atoms with E-state index < -0.39 is 0 Å². The van der Waals surface area contributed by atoms with Crippen LogP contribution in [0.2, 0.25) is 0 Å². The summed E-state index contributed by atoms with van der Waals surface area (Å²) in [5.74, 6) is 7.89. The maximum Gasteiger partial charge on any atom is 0.122 e. The Morgan fingerprint density at radius 1 is 1.25 bits per heavy atom. The molecule has 0 N–H and O–H groups in total. The van der Waals surface area contributed by atoms with Gasteiger partial charge in [-0.1, -0.05) is 37.5 Å². The third kappa shape index (κ3) is 2.79. The molecule has 0 aliphatic heterocycles. The van der Waals surface area contributed by atoms with Gasteiger partial charge in [-0.25, -0.2) is 0 Å². The van der Waals surface area contributed by atoms with Gasteiger partial charge < -0.3 is 4.74 Å². The highest BCUT2D eigenvalue weighted by Gasteiger charge is 2.16. The Morgan fingerprint density at radius 2 is 1.94 bits per heavy atom. The molecule has 0 spiro atoms. The van der Waals surface area contributed by atoms with Crippen LogP contribution in [0.3, 0.4) is 0 Å². The molecular weight excluding hydrogens is 196 g/mol. The molecule has 0 fully saturated rings. The van der Waals surface area contributed by atoms with Gasteiger partial charge in [-0.05, 0) is 31.4 Å². The van der Waals surface area contributed by atoms with Crippen LogP contribution in [0.4, 0.5) is 0 Å². The molecule has 0 aliphatic carbocycles. The largest absolute Gasteiger partial charge is 0.496 e. The summed E-state index contributed by atoms with van der Waals surface area (Å²) in [6.07, 6.45) is 0. The van der Waals surface area contributed by atoms with Crippen LogP contribution in [0.5, 0.6) is 5.75 Å². The van der Waals surface area contributed by atoms with Crippen LogP contribution in [0, 0.1) is 24.7 Å². The molecule has 16 heavy (non-hydrogen) atoms. The monoisotopic (exact) mass is 216 g/mol. The summed E-state index contributed by atoms with van der Waals surface area (Å²) in [4.78, 5) is 0. The van der Waals surface area contributed by atoms with E-state index in [1.54, 1.807) is 7.11 Å². The van der Waals surface area contributed by atoms with Gasteiger partial charge in [0.2, 0.25) is 0 Å². The molecule has 1 rings (SSSR count). The van der Waals surface area contributed by atoms with Crippen LogP contribution in [-0.4, -0.2) is 7.11 Å². The van der Waals surface area contributed by atoms with Crippen molar-refractivity contribution >= 4 is 0 Å². The number of aryl methyl sites for hydroxylation is 1. The Labute approximate surface area is 98.8 Å². The Balaban J connectivity index is 3.08. The van der Waals surface area contributed by atoms with Crippen molar-refractivity contribution in [3.8, 4) is 17.6 Å². The number of rotatable bonds is 3. The Hall–Kier alpha value is -1.42. The van der Waals surface area contributed by atoms with Gasteiger partial charge in [0, 0.05) is 5.92 Å². The average Bonchev–Trinajstić information content (AvgIpc) is 2.28. The fourth-order valence-corrected chi connectivity index (χ4v) is 1.83. The third-order valence-electron chi connectivity index (χ3n) is 3.00. The minimum atomic E-state index is 0.348. The number of hydrogen-bond acceptors (Lipinski definition) is 1. The number of methoxy groups -OCH3 is 1. The van der Waals surface area contributed by atoms with E-state index in [-0.39, 0.29) is 0 Å². The first-order chi connectivity index (χ1) is 7.60. The molecule has 0 aromatic heterocycles. The molecule has 0 saturated carbocycles. The molecule has 0 amide bonds. The standard InChI is InChI=1S/C15H20O/c1-6-7-12(3)13(4)14-10-11(2)8-9-15(14)16-5/h8-10,12-13H,1-5H3. The number of benzene rings is 1. The van der Waals surface area contributed by atoms with E-state index in [2.05, 4.69) is 44.7 Å². The third-order valence-corrected chi connectivity index (χ3v) is 3.00. The summed E-state index contributed by atoms with van der Waals surface area (Å²) in [6.45, 7) is 8.35. The summed E-state index contributed by atoms with van der Waals surface area (Å²) in [6, 6.07) is 6.30. The number of hydrogen-bond donors (Lipinski definition) is 0. The first-order valence-corrected chi connectivity index (χ1v) is 5.67. The summed E-state index contributed by atoms with van der Waals surface area (Å²) in [7, 11) is 1.72. The van der Waals surface area contributed by atoms with Gasteiger partial charge >= 0.3 is 0 Å². The molecule has 86 valence electrons. The lowest BCUT2D eigenvalue weighted by atomic mass is 9.88. The SMILES string of the molecule is CC#CC(C)C(C)c1cc(C)ccc1OC. The zero-order valence-corrected chi connectivity index (χ0v) is 10.8. The second-order valence-electron chi connectivity index (χ2n) is 4.22. The zero-order chi connectivity index (χ0) is 12.1. The van der Waals surface area contributed by atoms with Crippen LogP contribution in [0.15, 0.2) is 18.2 Å². The lowest BCUT2D eigenvalue weighted by Crippen LogP contribution is -2.06. The molecule has 0 saturated heterocycles. The van der Waals surface area contributed by atoms with Crippen molar-refractivity contribution in [3.63, 3.8) is 0 Å². The average molecular weight is 216 g/mol. The van der Waals surface area contributed by atoms with Crippen molar-refractivity contribution < 1.29 is 4.74 Å².